The van der Waals surface area contributed by atoms with Crippen LogP contribution in [0.2, 0.25) is 0 Å². The third-order valence-corrected chi connectivity index (χ3v) is 4.76. The molecular formula is C16H10Br2N4O2. The third kappa shape index (κ3) is 2.42. The van der Waals surface area contributed by atoms with E-state index in [2.05, 4.69) is 46.9 Å². The van der Waals surface area contributed by atoms with Crippen LogP contribution in [0.4, 0.5) is 0 Å². The number of hydrogen-bond acceptors (Lipinski definition) is 4. The summed E-state index contributed by atoms with van der Waals surface area (Å²) in [6.45, 7) is 0. The molecule has 6 nitrogen and oxygen atoms in total. The van der Waals surface area contributed by atoms with E-state index in [1.165, 1.54) is 4.52 Å². The number of ether oxygens (including phenoxy) is 1. The molecule has 0 atom stereocenters. The second-order valence-corrected chi connectivity index (χ2v) is 6.91. The van der Waals surface area contributed by atoms with Gasteiger partial charge in [0.2, 0.25) is 0 Å². The van der Waals surface area contributed by atoms with Crippen molar-refractivity contribution in [3.8, 4) is 17.1 Å². The van der Waals surface area contributed by atoms with Gasteiger partial charge in [-0.15, -0.1) is 5.10 Å². The fourth-order valence-electron chi connectivity index (χ4n) is 2.53. The Kier molecular flexibility index (Phi) is 3.65. The van der Waals surface area contributed by atoms with E-state index in [0.717, 1.165) is 25.6 Å². The van der Waals surface area contributed by atoms with Crippen LogP contribution in [0.15, 0.2) is 50.1 Å². The van der Waals surface area contributed by atoms with Crippen molar-refractivity contribution in [1.82, 2.24) is 19.6 Å². The topological polar surface area (TPSA) is 72.3 Å². The minimum absolute atomic E-state index is 0.340. The monoisotopic (exact) mass is 448 g/mol. The number of fused-ring (bicyclic) bond motifs is 3. The summed E-state index contributed by atoms with van der Waals surface area (Å²) in [5.74, 6) is 1.23. The van der Waals surface area contributed by atoms with E-state index < -0.39 is 0 Å². The minimum atomic E-state index is -0.340. The highest BCUT2D eigenvalue weighted by Gasteiger charge is 2.14. The third-order valence-electron chi connectivity index (χ3n) is 3.68. The van der Waals surface area contributed by atoms with Gasteiger partial charge in [0.25, 0.3) is 0 Å². The Balaban J connectivity index is 2.01. The lowest BCUT2D eigenvalue weighted by molar-refractivity contribution is 0.415. The van der Waals surface area contributed by atoms with Crippen molar-refractivity contribution in [1.29, 1.82) is 0 Å². The lowest BCUT2D eigenvalue weighted by Gasteiger charge is -2.02. The predicted octanol–water partition coefficient (Wildman–Crippen LogP) is 3.77. The van der Waals surface area contributed by atoms with Crippen LogP contribution in [0.25, 0.3) is 27.9 Å². The molecule has 0 radical (unpaired) electrons. The highest BCUT2D eigenvalue weighted by atomic mass is 79.9. The maximum atomic E-state index is 12.3. The predicted molar refractivity (Wildman–Crippen MR) is 98.5 cm³/mol. The van der Waals surface area contributed by atoms with E-state index >= 15 is 0 Å². The van der Waals surface area contributed by atoms with E-state index in [1.54, 1.807) is 7.11 Å². The second kappa shape index (κ2) is 5.71. The molecular weight excluding hydrogens is 440 g/mol. The summed E-state index contributed by atoms with van der Waals surface area (Å²) in [4.78, 5) is 19.7. The Hall–Kier alpha value is -2.19. The van der Waals surface area contributed by atoms with Gasteiger partial charge in [-0.2, -0.15) is 4.52 Å². The van der Waals surface area contributed by atoms with Crippen molar-refractivity contribution in [3.05, 3.63) is 55.8 Å². The fraction of sp³-hybridized carbons (Fsp3) is 0.0625. The van der Waals surface area contributed by atoms with Crippen LogP contribution >= 0.6 is 31.9 Å². The molecule has 4 aromatic rings. The van der Waals surface area contributed by atoms with Gasteiger partial charge in [0, 0.05) is 19.9 Å². The van der Waals surface area contributed by atoms with Crippen LogP contribution < -0.4 is 10.4 Å². The van der Waals surface area contributed by atoms with Crippen LogP contribution in [-0.4, -0.2) is 26.7 Å². The number of rotatable bonds is 2. The van der Waals surface area contributed by atoms with Gasteiger partial charge in [0.1, 0.15) is 5.75 Å². The molecule has 0 aliphatic heterocycles. The molecule has 2 aromatic heterocycles. The molecule has 0 aliphatic carbocycles. The van der Waals surface area contributed by atoms with Gasteiger partial charge in [-0.05, 0) is 52.3 Å². The number of aromatic nitrogens is 4. The van der Waals surface area contributed by atoms with Gasteiger partial charge < -0.3 is 9.72 Å². The van der Waals surface area contributed by atoms with Gasteiger partial charge in [-0.25, -0.2) is 9.78 Å². The summed E-state index contributed by atoms with van der Waals surface area (Å²) in [5, 5.41) is 5.13. The molecule has 0 amide bonds. The largest absolute Gasteiger partial charge is 0.497 e. The van der Waals surface area contributed by atoms with Gasteiger partial charge in [0.05, 0.1) is 12.6 Å². The Bertz CT molecular complexity index is 1130. The molecule has 24 heavy (non-hydrogen) atoms. The van der Waals surface area contributed by atoms with E-state index in [9.17, 15) is 4.79 Å². The number of hydrogen-bond donors (Lipinski definition) is 1. The molecule has 2 heterocycles. The standard InChI is InChI=1S/C16H10Br2N4O2/c1-24-10-4-2-8(3-5-10)14-20-15-11-6-9(17)7-12(18)13(11)19-16(23)22(15)21-14/h2-7H,1H3,(H,19,23). The Morgan fingerprint density at radius 3 is 2.62 bits per heavy atom. The van der Waals surface area contributed by atoms with Crippen molar-refractivity contribution >= 4 is 48.4 Å². The van der Waals surface area contributed by atoms with Gasteiger partial charge in [-0.3, -0.25) is 0 Å². The van der Waals surface area contributed by atoms with E-state index in [-0.39, 0.29) is 5.69 Å². The maximum absolute atomic E-state index is 12.3. The molecule has 1 N–H and O–H groups in total. The summed E-state index contributed by atoms with van der Waals surface area (Å²) in [6.07, 6.45) is 0. The molecule has 8 heteroatoms. The first-order valence-corrected chi connectivity index (χ1v) is 8.57. The molecule has 0 unspecified atom stereocenters. The summed E-state index contributed by atoms with van der Waals surface area (Å²) in [6, 6.07) is 11.1. The first-order valence-electron chi connectivity index (χ1n) is 6.99. The second-order valence-electron chi connectivity index (χ2n) is 5.14. The maximum Gasteiger partial charge on any atom is 0.348 e. The van der Waals surface area contributed by atoms with Crippen molar-refractivity contribution in [2.75, 3.05) is 7.11 Å². The number of H-pyrrole nitrogens is 1. The SMILES string of the molecule is COc1ccc(-c2nc3c4cc(Br)cc(Br)c4[nH]c(=O)n3n2)cc1. The lowest BCUT2D eigenvalue weighted by atomic mass is 10.2. The fourth-order valence-corrected chi connectivity index (χ4v) is 3.85. The van der Waals surface area contributed by atoms with Gasteiger partial charge >= 0.3 is 5.69 Å². The highest BCUT2D eigenvalue weighted by molar-refractivity contribution is 9.11. The average molecular weight is 450 g/mol. The smallest absolute Gasteiger partial charge is 0.348 e. The minimum Gasteiger partial charge on any atom is -0.497 e. The van der Waals surface area contributed by atoms with Crippen LogP contribution in [0, 0.1) is 0 Å². The van der Waals surface area contributed by atoms with Crippen molar-refractivity contribution in [2.45, 2.75) is 0 Å². The summed E-state index contributed by atoms with van der Waals surface area (Å²) >= 11 is 6.93. The van der Waals surface area contributed by atoms with Gasteiger partial charge in [0.15, 0.2) is 11.5 Å². The van der Waals surface area contributed by atoms with Crippen molar-refractivity contribution in [2.24, 2.45) is 0 Å². The zero-order chi connectivity index (χ0) is 16.8. The summed E-state index contributed by atoms with van der Waals surface area (Å²) in [7, 11) is 1.61. The Labute approximate surface area is 152 Å². The van der Waals surface area contributed by atoms with Gasteiger partial charge in [-0.1, -0.05) is 15.9 Å². The Morgan fingerprint density at radius 1 is 1.17 bits per heavy atom. The van der Waals surface area contributed by atoms with E-state index in [4.69, 9.17) is 4.74 Å². The first-order chi connectivity index (χ1) is 11.6. The highest BCUT2D eigenvalue weighted by Crippen LogP contribution is 2.29. The number of nitrogens with one attached hydrogen (secondary N) is 1. The average Bonchev–Trinajstić information content (AvgIpc) is 3.02. The zero-order valence-corrected chi connectivity index (χ0v) is 15.6. The molecule has 0 saturated carbocycles. The molecule has 120 valence electrons. The molecule has 0 aliphatic rings. The molecule has 2 aromatic carbocycles. The zero-order valence-electron chi connectivity index (χ0n) is 12.4. The van der Waals surface area contributed by atoms with Crippen LogP contribution in [-0.2, 0) is 0 Å². The lowest BCUT2D eigenvalue weighted by Crippen LogP contribution is -2.17. The van der Waals surface area contributed by atoms with Crippen LogP contribution in [0.1, 0.15) is 0 Å². The molecule has 0 saturated heterocycles. The van der Waals surface area contributed by atoms with Crippen LogP contribution in [0.5, 0.6) is 5.75 Å². The Morgan fingerprint density at radius 2 is 1.92 bits per heavy atom. The molecule has 4 rings (SSSR count). The summed E-state index contributed by atoms with van der Waals surface area (Å²) in [5.41, 5.74) is 1.65. The van der Waals surface area contributed by atoms with Crippen molar-refractivity contribution < 1.29 is 4.74 Å². The molecule has 0 bridgehead atoms. The van der Waals surface area contributed by atoms with Crippen LogP contribution in [0.3, 0.4) is 0 Å². The normalized spacial score (nSPS) is 11.3. The van der Waals surface area contributed by atoms with E-state index in [1.807, 2.05) is 36.4 Å². The van der Waals surface area contributed by atoms with E-state index in [0.29, 0.717) is 17.0 Å². The first kappa shape index (κ1) is 15.3. The number of methoxy groups -OCH3 is 1. The van der Waals surface area contributed by atoms with Crippen molar-refractivity contribution in [3.63, 3.8) is 0 Å². The summed E-state index contributed by atoms with van der Waals surface area (Å²) < 4.78 is 8.09. The number of halogens is 2. The number of aromatic amines is 1. The molecule has 0 fully saturated rings. The molecule has 0 spiro atoms. The number of nitrogens with zero attached hydrogens (tertiary/aromatic N) is 3. The quantitative estimate of drug-likeness (QED) is 0.505. The number of benzene rings is 2.